The minimum atomic E-state index is -0.00633. The summed E-state index contributed by atoms with van der Waals surface area (Å²) >= 11 is 0. The number of amides is 1. The van der Waals surface area contributed by atoms with Crippen molar-refractivity contribution in [2.24, 2.45) is 0 Å². The Bertz CT molecular complexity index is 965. The Hall–Kier alpha value is -3.01. The average Bonchev–Trinajstić information content (AvgIpc) is 2.65. The molecule has 3 aromatic rings. The Morgan fingerprint density at radius 1 is 0.920 bits per heavy atom. The van der Waals surface area contributed by atoms with E-state index >= 15 is 0 Å². The summed E-state index contributed by atoms with van der Waals surface area (Å²) in [4.78, 5) is 12.2. The number of rotatable bonds is 3. The first-order valence-electron chi connectivity index (χ1n) is 8.24. The molecule has 0 fully saturated rings. The number of fused-ring (bicyclic) bond motifs is 2. The van der Waals surface area contributed by atoms with Gasteiger partial charge in [0.15, 0.2) is 11.5 Å². The zero-order valence-electron chi connectivity index (χ0n) is 14.2. The normalized spacial score (nSPS) is 16.2. The van der Waals surface area contributed by atoms with E-state index in [9.17, 15) is 4.79 Å². The van der Waals surface area contributed by atoms with Gasteiger partial charge < -0.3 is 14.8 Å². The van der Waals surface area contributed by atoms with Crippen LogP contribution in [-0.4, -0.2) is 20.1 Å². The summed E-state index contributed by atoms with van der Waals surface area (Å²) in [6.07, 6.45) is 0.417. The summed E-state index contributed by atoms with van der Waals surface area (Å²) < 4.78 is 10.8. The summed E-state index contributed by atoms with van der Waals surface area (Å²) in [6, 6.07) is 18.4. The Morgan fingerprint density at radius 3 is 2.40 bits per heavy atom. The van der Waals surface area contributed by atoms with E-state index in [-0.39, 0.29) is 11.8 Å². The third-order valence-corrected chi connectivity index (χ3v) is 4.77. The van der Waals surface area contributed by atoms with Gasteiger partial charge in [-0.05, 0) is 28.0 Å². The van der Waals surface area contributed by atoms with E-state index in [1.54, 1.807) is 14.2 Å². The molecule has 0 saturated carbocycles. The number of carbonyl (C=O) groups excluding carboxylic acids is 1. The molecule has 0 spiro atoms. The lowest BCUT2D eigenvalue weighted by atomic mass is 9.84. The van der Waals surface area contributed by atoms with Gasteiger partial charge in [-0.25, -0.2) is 0 Å². The first-order chi connectivity index (χ1) is 12.2. The zero-order chi connectivity index (χ0) is 17.4. The molecule has 25 heavy (non-hydrogen) atoms. The molecule has 3 aromatic carbocycles. The number of methoxy groups -OCH3 is 2. The number of benzene rings is 3. The van der Waals surface area contributed by atoms with Crippen LogP contribution < -0.4 is 14.8 Å². The van der Waals surface area contributed by atoms with Crippen LogP contribution >= 0.6 is 0 Å². The molecule has 0 aromatic heterocycles. The number of carbonyl (C=O) groups is 1. The van der Waals surface area contributed by atoms with E-state index in [0.717, 1.165) is 16.8 Å². The first-order valence-corrected chi connectivity index (χ1v) is 8.24. The van der Waals surface area contributed by atoms with Crippen molar-refractivity contribution < 1.29 is 14.3 Å². The van der Waals surface area contributed by atoms with Gasteiger partial charge in [-0.3, -0.25) is 4.79 Å². The molecule has 1 heterocycles. The second-order valence-corrected chi connectivity index (χ2v) is 6.21. The van der Waals surface area contributed by atoms with Gasteiger partial charge in [0.1, 0.15) is 0 Å². The van der Waals surface area contributed by atoms with Crippen molar-refractivity contribution in [2.45, 2.75) is 12.3 Å². The lowest BCUT2D eigenvalue weighted by molar-refractivity contribution is -0.116. The van der Waals surface area contributed by atoms with Gasteiger partial charge in [-0.1, -0.05) is 42.5 Å². The fourth-order valence-corrected chi connectivity index (χ4v) is 3.51. The third-order valence-electron chi connectivity index (χ3n) is 4.77. The van der Waals surface area contributed by atoms with Crippen molar-refractivity contribution in [3.05, 3.63) is 65.7 Å². The summed E-state index contributed by atoms with van der Waals surface area (Å²) in [7, 11) is 3.21. The smallest absolute Gasteiger partial charge is 0.225 e. The Labute approximate surface area is 146 Å². The van der Waals surface area contributed by atoms with Crippen molar-refractivity contribution in [1.82, 2.24) is 0 Å². The van der Waals surface area contributed by atoms with E-state index in [2.05, 4.69) is 35.6 Å². The van der Waals surface area contributed by atoms with Crippen LogP contribution in [0.1, 0.15) is 23.5 Å². The highest BCUT2D eigenvalue weighted by molar-refractivity contribution is 5.96. The SMILES string of the molecule is COc1cc2c(cc1OC)[C@@H](c1ccc3ccccc3c1)CC(=O)N2. The number of hydrogen-bond acceptors (Lipinski definition) is 3. The largest absolute Gasteiger partial charge is 0.493 e. The second-order valence-electron chi connectivity index (χ2n) is 6.21. The molecule has 1 aliphatic rings. The van der Waals surface area contributed by atoms with Crippen molar-refractivity contribution in [3.8, 4) is 11.5 Å². The molecule has 4 rings (SSSR count). The Kier molecular flexibility index (Phi) is 3.80. The fraction of sp³-hybridized carbons (Fsp3) is 0.190. The summed E-state index contributed by atoms with van der Waals surface area (Å²) in [5, 5.41) is 5.32. The van der Waals surface area contributed by atoms with Gasteiger partial charge in [0.05, 0.1) is 14.2 Å². The molecule has 1 amide bonds. The van der Waals surface area contributed by atoms with Crippen molar-refractivity contribution in [3.63, 3.8) is 0 Å². The fourth-order valence-electron chi connectivity index (χ4n) is 3.51. The van der Waals surface area contributed by atoms with Gasteiger partial charge in [0, 0.05) is 24.1 Å². The molecule has 0 unspecified atom stereocenters. The van der Waals surface area contributed by atoms with Gasteiger partial charge in [-0.15, -0.1) is 0 Å². The highest BCUT2D eigenvalue weighted by atomic mass is 16.5. The minimum Gasteiger partial charge on any atom is -0.493 e. The molecule has 1 N–H and O–H groups in total. The molecule has 126 valence electrons. The van der Waals surface area contributed by atoms with Gasteiger partial charge in [0.2, 0.25) is 5.91 Å². The van der Waals surface area contributed by atoms with Crippen LogP contribution in [0.2, 0.25) is 0 Å². The quantitative estimate of drug-likeness (QED) is 0.776. The van der Waals surface area contributed by atoms with E-state index in [1.807, 2.05) is 24.3 Å². The van der Waals surface area contributed by atoms with Crippen LogP contribution in [-0.2, 0) is 4.79 Å². The zero-order valence-corrected chi connectivity index (χ0v) is 14.2. The predicted octanol–water partition coefficient (Wildman–Crippen LogP) is 4.33. The standard InChI is InChI=1S/C21H19NO3/c1-24-19-10-17-16(11-21(23)22-18(17)12-20(19)25-2)15-8-7-13-5-3-4-6-14(13)9-15/h3-10,12,16H,11H2,1-2H3,(H,22,23)/t16-/m1/s1. The number of nitrogens with one attached hydrogen (secondary N) is 1. The lowest BCUT2D eigenvalue weighted by Gasteiger charge is -2.27. The molecule has 0 bridgehead atoms. The maximum atomic E-state index is 12.2. The second kappa shape index (κ2) is 6.13. The first kappa shape index (κ1) is 15.5. The van der Waals surface area contributed by atoms with Crippen LogP contribution in [0.15, 0.2) is 54.6 Å². The van der Waals surface area contributed by atoms with Crippen molar-refractivity contribution in [2.75, 3.05) is 19.5 Å². The Balaban J connectivity index is 1.86. The van der Waals surface area contributed by atoms with E-state index in [0.29, 0.717) is 17.9 Å². The van der Waals surface area contributed by atoms with Gasteiger partial charge >= 0.3 is 0 Å². The highest BCUT2D eigenvalue weighted by Gasteiger charge is 2.28. The summed E-state index contributed by atoms with van der Waals surface area (Å²) in [5.41, 5.74) is 2.96. The predicted molar refractivity (Wildman–Crippen MR) is 98.6 cm³/mol. The molecule has 1 aliphatic heterocycles. The van der Waals surface area contributed by atoms with Crippen LogP contribution in [0.3, 0.4) is 0 Å². The topological polar surface area (TPSA) is 47.6 Å². The van der Waals surface area contributed by atoms with Crippen LogP contribution in [0.25, 0.3) is 10.8 Å². The maximum absolute atomic E-state index is 12.2. The number of ether oxygens (including phenoxy) is 2. The average molecular weight is 333 g/mol. The monoisotopic (exact) mass is 333 g/mol. The minimum absolute atomic E-state index is 0.00633. The molecule has 4 heteroatoms. The summed E-state index contributed by atoms with van der Waals surface area (Å²) in [6.45, 7) is 0. The van der Waals surface area contributed by atoms with Crippen molar-refractivity contribution >= 4 is 22.4 Å². The maximum Gasteiger partial charge on any atom is 0.225 e. The molecule has 0 aliphatic carbocycles. The molecular formula is C21H19NO3. The van der Waals surface area contributed by atoms with E-state index < -0.39 is 0 Å². The van der Waals surface area contributed by atoms with Crippen LogP contribution in [0.4, 0.5) is 5.69 Å². The lowest BCUT2D eigenvalue weighted by Crippen LogP contribution is -2.23. The van der Waals surface area contributed by atoms with Gasteiger partial charge in [-0.2, -0.15) is 0 Å². The highest BCUT2D eigenvalue weighted by Crippen LogP contribution is 2.43. The molecular weight excluding hydrogens is 314 g/mol. The molecule has 4 nitrogen and oxygen atoms in total. The van der Waals surface area contributed by atoms with E-state index in [4.69, 9.17) is 9.47 Å². The molecule has 0 saturated heterocycles. The van der Waals surface area contributed by atoms with E-state index in [1.165, 1.54) is 10.8 Å². The van der Waals surface area contributed by atoms with Crippen LogP contribution in [0, 0.1) is 0 Å². The Morgan fingerprint density at radius 2 is 1.64 bits per heavy atom. The number of hydrogen-bond donors (Lipinski definition) is 1. The summed E-state index contributed by atoms with van der Waals surface area (Å²) in [5.74, 6) is 1.29. The van der Waals surface area contributed by atoms with Gasteiger partial charge in [0.25, 0.3) is 0 Å². The number of anilines is 1. The molecule has 1 atom stereocenters. The van der Waals surface area contributed by atoms with Crippen molar-refractivity contribution in [1.29, 1.82) is 0 Å². The third kappa shape index (κ3) is 2.70. The van der Waals surface area contributed by atoms with Crippen LogP contribution in [0.5, 0.6) is 11.5 Å². The molecule has 0 radical (unpaired) electrons.